The first-order chi connectivity index (χ1) is 17.7. The van der Waals surface area contributed by atoms with Crippen LogP contribution >= 0.6 is 0 Å². The lowest BCUT2D eigenvalue weighted by molar-refractivity contribution is 1.35. The number of anilines is 2. The summed E-state index contributed by atoms with van der Waals surface area (Å²) >= 11 is 0. The smallest absolute Gasteiger partial charge is 0.330 e. The topological polar surface area (TPSA) is 3.24 Å². The van der Waals surface area contributed by atoms with Crippen molar-refractivity contribution in [3.05, 3.63) is 131 Å². The summed E-state index contributed by atoms with van der Waals surface area (Å²) in [6.07, 6.45) is 4.68. The fraction of sp³-hybridized carbons (Fsp3) is 0.0588. The van der Waals surface area contributed by atoms with Gasteiger partial charge in [0, 0.05) is 16.9 Å². The van der Waals surface area contributed by atoms with Gasteiger partial charge in [-0.1, -0.05) is 103 Å². The molecule has 0 amide bonds. The Morgan fingerprint density at radius 3 is 2.14 bits per heavy atom. The third-order valence-electron chi connectivity index (χ3n) is 7.68. The van der Waals surface area contributed by atoms with Crippen molar-refractivity contribution in [1.29, 1.82) is 0 Å². The molecule has 0 aliphatic carbocycles. The Hall–Kier alpha value is -4.30. The summed E-state index contributed by atoms with van der Waals surface area (Å²) in [6.45, 7) is 4.49. The van der Waals surface area contributed by atoms with Gasteiger partial charge in [0.05, 0.1) is 0 Å². The molecule has 0 radical (unpaired) electrons. The summed E-state index contributed by atoms with van der Waals surface area (Å²) < 4.78 is 0. The Morgan fingerprint density at radius 1 is 0.583 bits per heavy atom. The molecule has 2 aliphatic heterocycles. The first kappa shape index (κ1) is 21.0. The maximum absolute atomic E-state index is 2.55. The Kier molecular flexibility index (Phi) is 4.75. The highest BCUT2D eigenvalue weighted by Crippen LogP contribution is 2.42. The molecule has 7 rings (SSSR count). The number of hydrogen-bond donors (Lipinski definition) is 0. The zero-order valence-corrected chi connectivity index (χ0v) is 20.6. The van der Waals surface area contributed by atoms with Gasteiger partial charge >= 0.3 is 6.85 Å². The van der Waals surface area contributed by atoms with Crippen molar-refractivity contribution in [3.63, 3.8) is 0 Å². The molecule has 0 saturated carbocycles. The van der Waals surface area contributed by atoms with Crippen molar-refractivity contribution in [2.24, 2.45) is 0 Å². The van der Waals surface area contributed by atoms with Gasteiger partial charge in [0.15, 0.2) is 0 Å². The standard InChI is InChI=1S/C34H26BN/c1-23-21-25-19-20-29-28(27-14-7-6-11-24(27)2)16-10-17-32(29)35-34(25)31(22-23)30-15-8-9-18-33(30)36(35)26-12-4-3-5-13-26/h3-22H,1-2H3. The quantitative estimate of drug-likeness (QED) is 0.249. The number of aryl methyl sites for hydroxylation is 2. The fourth-order valence-electron chi connectivity index (χ4n) is 6.13. The summed E-state index contributed by atoms with van der Waals surface area (Å²) in [4.78, 5) is 2.55. The molecule has 2 aliphatic rings. The summed E-state index contributed by atoms with van der Waals surface area (Å²) in [5.74, 6) is 0. The lowest BCUT2D eigenvalue weighted by Gasteiger charge is -2.40. The third-order valence-corrected chi connectivity index (χ3v) is 7.68. The molecule has 2 heteroatoms. The van der Waals surface area contributed by atoms with Crippen LogP contribution in [-0.2, 0) is 0 Å². The van der Waals surface area contributed by atoms with Gasteiger partial charge in [-0.2, -0.15) is 0 Å². The van der Waals surface area contributed by atoms with E-state index < -0.39 is 0 Å². The van der Waals surface area contributed by atoms with Crippen LogP contribution in [0.2, 0.25) is 0 Å². The Balaban J connectivity index is 1.59. The van der Waals surface area contributed by atoms with Crippen LogP contribution in [-0.4, -0.2) is 6.85 Å². The molecule has 0 saturated heterocycles. The Labute approximate surface area is 213 Å². The lowest BCUT2D eigenvalue weighted by Crippen LogP contribution is -2.58. The first-order valence-corrected chi connectivity index (χ1v) is 12.7. The minimum Gasteiger partial charge on any atom is -0.376 e. The zero-order valence-electron chi connectivity index (χ0n) is 20.6. The molecule has 0 atom stereocenters. The van der Waals surface area contributed by atoms with E-state index in [-0.39, 0.29) is 6.85 Å². The van der Waals surface area contributed by atoms with E-state index in [1.165, 1.54) is 66.8 Å². The van der Waals surface area contributed by atoms with E-state index in [2.05, 4.69) is 140 Å². The summed E-state index contributed by atoms with van der Waals surface area (Å²) in [5.41, 5.74) is 15.6. The maximum Gasteiger partial charge on any atom is 0.330 e. The van der Waals surface area contributed by atoms with Crippen molar-refractivity contribution in [3.8, 4) is 22.3 Å². The normalized spacial score (nSPS) is 13.1. The molecular weight excluding hydrogens is 433 g/mol. The number of nitrogens with zero attached hydrogens (tertiary/aromatic N) is 1. The second-order valence-electron chi connectivity index (χ2n) is 9.90. The van der Waals surface area contributed by atoms with E-state index in [1.807, 2.05) is 0 Å². The molecule has 0 N–H and O–H groups in total. The largest absolute Gasteiger partial charge is 0.376 e. The maximum atomic E-state index is 2.55. The number of fused-ring (bicyclic) bond motifs is 4. The number of hydrogen-bond acceptors (Lipinski definition) is 1. The van der Waals surface area contributed by atoms with Crippen LogP contribution in [0.15, 0.2) is 109 Å². The molecule has 0 aromatic heterocycles. The highest BCUT2D eigenvalue weighted by atomic mass is 15.1. The second-order valence-corrected chi connectivity index (χ2v) is 9.90. The van der Waals surface area contributed by atoms with Crippen LogP contribution in [0.5, 0.6) is 0 Å². The molecule has 0 spiro atoms. The van der Waals surface area contributed by atoms with Crippen molar-refractivity contribution in [1.82, 2.24) is 0 Å². The highest BCUT2D eigenvalue weighted by molar-refractivity contribution is 6.92. The lowest BCUT2D eigenvalue weighted by atomic mass is 9.44. The molecule has 36 heavy (non-hydrogen) atoms. The van der Waals surface area contributed by atoms with E-state index in [1.54, 1.807) is 0 Å². The Morgan fingerprint density at radius 2 is 1.31 bits per heavy atom. The SMILES string of the molecule is Cc1cc2c3c(c1)-c1ccccc1N(c1ccccc1)B3c1cccc(-c3ccccc3C)c1C=C2. The minimum absolute atomic E-state index is 0.0712. The molecule has 5 aromatic carbocycles. The van der Waals surface area contributed by atoms with Gasteiger partial charge in [-0.3, -0.25) is 0 Å². The van der Waals surface area contributed by atoms with Gasteiger partial charge < -0.3 is 4.81 Å². The summed E-state index contributed by atoms with van der Waals surface area (Å²) in [6, 6.07) is 40.0. The number of benzene rings is 5. The summed E-state index contributed by atoms with van der Waals surface area (Å²) in [5, 5.41) is 0. The van der Waals surface area contributed by atoms with Gasteiger partial charge in [-0.25, -0.2) is 0 Å². The molecule has 0 bridgehead atoms. The van der Waals surface area contributed by atoms with Crippen LogP contribution in [0.1, 0.15) is 22.3 Å². The highest BCUT2D eigenvalue weighted by Gasteiger charge is 2.40. The molecule has 170 valence electrons. The van der Waals surface area contributed by atoms with Crippen LogP contribution in [0, 0.1) is 13.8 Å². The summed E-state index contributed by atoms with van der Waals surface area (Å²) in [7, 11) is 0. The second kappa shape index (κ2) is 8.14. The molecule has 5 aromatic rings. The molecule has 0 fully saturated rings. The van der Waals surface area contributed by atoms with E-state index in [0.29, 0.717) is 0 Å². The average Bonchev–Trinajstić information content (AvgIpc) is 3.07. The number of para-hydroxylation sites is 2. The number of rotatable bonds is 2. The molecule has 2 heterocycles. The van der Waals surface area contributed by atoms with Crippen LogP contribution < -0.4 is 15.7 Å². The van der Waals surface area contributed by atoms with Crippen LogP contribution in [0.3, 0.4) is 0 Å². The predicted octanol–water partition coefficient (Wildman–Crippen LogP) is 7.38. The van der Waals surface area contributed by atoms with Gasteiger partial charge in [0.25, 0.3) is 0 Å². The average molecular weight is 459 g/mol. The van der Waals surface area contributed by atoms with Crippen LogP contribution in [0.25, 0.3) is 34.4 Å². The van der Waals surface area contributed by atoms with Gasteiger partial charge in [-0.15, -0.1) is 0 Å². The zero-order chi connectivity index (χ0) is 24.2. The molecule has 0 unspecified atom stereocenters. The van der Waals surface area contributed by atoms with Crippen molar-refractivity contribution in [2.45, 2.75) is 13.8 Å². The minimum atomic E-state index is 0.0712. The Bertz CT molecular complexity index is 1660. The molecular formula is C34H26BN. The third kappa shape index (κ3) is 3.11. The van der Waals surface area contributed by atoms with E-state index >= 15 is 0 Å². The van der Waals surface area contributed by atoms with Crippen molar-refractivity contribution < 1.29 is 0 Å². The van der Waals surface area contributed by atoms with E-state index in [0.717, 1.165) is 0 Å². The molecule has 1 nitrogen and oxygen atoms in total. The first-order valence-electron chi connectivity index (χ1n) is 12.7. The van der Waals surface area contributed by atoms with Gasteiger partial charge in [0.2, 0.25) is 0 Å². The van der Waals surface area contributed by atoms with E-state index in [4.69, 9.17) is 0 Å². The fourth-order valence-corrected chi connectivity index (χ4v) is 6.13. The van der Waals surface area contributed by atoms with Crippen LogP contribution in [0.4, 0.5) is 11.4 Å². The van der Waals surface area contributed by atoms with Gasteiger partial charge in [0.1, 0.15) is 0 Å². The monoisotopic (exact) mass is 459 g/mol. The van der Waals surface area contributed by atoms with Crippen molar-refractivity contribution >= 4 is 41.3 Å². The van der Waals surface area contributed by atoms with Gasteiger partial charge in [-0.05, 0) is 81.9 Å². The van der Waals surface area contributed by atoms with E-state index in [9.17, 15) is 0 Å². The van der Waals surface area contributed by atoms with Crippen molar-refractivity contribution in [2.75, 3.05) is 4.81 Å². The predicted molar refractivity (Wildman–Crippen MR) is 156 cm³/mol.